The van der Waals surface area contributed by atoms with Gasteiger partial charge in [0.05, 0.1) is 6.42 Å². The van der Waals surface area contributed by atoms with Gasteiger partial charge in [0.1, 0.15) is 11.9 Å². The Morgan fingerprint density at radius 2 is 1.72 bits per heavy atom. The number of halogens is 1. The summed E-state index contributed by atoms with van der Waals surface area (Å²) in [6.07, 6.45) is 2.08. The Morgan fingerprint density at radius 1 is 1.04 bits per heavy atom. The van der Waals surface area contributed by atoms with E-state index < -0.39 is 6.04 Å². The average molecular weight is 341 g/mol. The Hall–Kier alpha value is -2.73. The lowest BCUT2D eigenvalue weighted by atomic mass is 10.1. The van der Waals surface area contributed by atoms with Gasteiger partial charge in [-0.15, -0.1) is 0 Å². The molecule has 25 heavy (non-hydrogen) atoms. The number of benzene rings is 2. The Morgan fingerprint density at radius 3 is 2.36 bits per heavy atom. The van der Waals surface area contributed by atoms with Gasteiger partial charge in [-0.25, -0.2) is 9.82 Å². The zero-order valence-corrected chi connectivity index (χ0v) is 13.7. The molecule has 2 aromatic carbocycles. The molecule has 5 nitrogen and oxygen atoms in total. The second kappa shape index (κ2) is 7.90. The lowest BCUT2D eigenvalue weighted by Crippen LogP contribution is -2.47. The second-order valence-electron chi connectivity index (χ2n) is 6.12. The number of amides is 2. The smallest absolute Gasteiger partial charge is 0.243 e. The standard InChI is InChI=1S/C19H20FN3O2/c20-15-8-6-13(7-9-15)12-17(24)22-23-18(14-4-2-1-3-5-14)19(25)21-16-10-11-16/h1-9,16,18,23H,10-12H2,(H,21,25)(H,22,24)/t18-/m0/s1. The molecule has 0 aromatic heterocycles. The zero-order valence-electron chi connectivity index (χ0n) is 13.7. The maximum atomic E-state index is 12.9. The van der Waals surface area contributed by atoms with Gasteiger partial charge in [-0.3, -0.25) is 15.0 Å². The first-order valence-corrected chi connectivity index (χ1v) is 8.26. The number of hydrogen-bond donors (Lipinski definition) is 3. The lowest BCUT2D eigenvalue weighted by molar-refractivity contribution is -0.125. The van der Waals surface area contributed by atoms with Crippen molar-refractivity contribution < 1.29 is 14.0 Å². The van der Waals surface area contributed by atoms with E-state index in [0.29, 0.717) is 5.56 Å². The third kappa shape index (κ3) is 5.12. The highest BCUT2D eigenvalue weighted by Gasteiger charge is 2.28. The summed E-state index contributed by atoms with van der Waals surface area (Å²) in [6, 6.07) is 14.5. The molecule has 1 saturated carbocycles. The summed E-state index contributed by atoms with van der Waals surface area (Å²) in [4.78, 5) is 24.5. The van der Waals surface area contributed by atoms with Gasteiger partial charge >= 0.3 is 0 Å². The van der Waals surface area contributed by atoms with Gasteiger partial charge in [-0.1, -0.05) is 42.5 Å². The monoisotopic (exact) mass is 341 g/mol. The van der Waals surface area contributed by atoms with Crippen molar-refractivity contribution in [3.63, 3.8) is 0 Å². The van der Waals surface area contributed by atoms with Crippen molar-refractivity contribution in [3.05, 3.63) is 71.5 Å². The molecule has 2 amide bonds. The molecule has 0 spiro atoms. The highest BCUT2D eigenvalue weighted by atomic mass is 19.1. The minimum absolute atomic E-state index is 0.0963. The first-order valence-electron chi connectivity index (χ1n) is 8.26. The zero-order chi connectivity index (χ0) is 17.6. The van der Waals surface area contributed by atoms with Crippen LogP contribution in [0.2, 0.25) is 0 Å². The Labute approximate surface area is 145 Å². The second-order valence-corrected chi connectivity index (χ2v) is 6.12. The van der Waals surface area contributed by atoms with Crippen molar-refractivity contribution in [2.75, 3.05) is 0 Å². The molecule has 6 heteroatoms. The first-order chi connectivity index (χ1) is 12.1. The lowest BCUT2D eigenvalue weighted by Gasteiger charge is -2.19. The van der Waals surface area contributed by atoms with Crippen LogP contribution in [0, 0.1) is 5.82 Å². The summed E-state index contributed by atoms with van der Waals surface area (Å²) in [5.41, 5.74) is 6.85. The summed E-state index contributed by atoms with van der Waals surface area (Å²) in [5, 5.41) is 2.94. The average Bonchev–Trinajstić information content (AvgIpc) is 3.42. The number of carbonyl (C=O) groups is 2. The topological polar surface area (TPSA) is 70.2 Å². The van der Waals surface area contributed by atoms with Crippen molar-refractivity contribution in [2.24, 2.45) is 0 Å². The molecular formula is C19H20FN3O2. The van der Waals surface area contributed by atoms with E-state index in [0.717, 1.165) is 18.4 Å². The molecule has 3 rings (SSSR count). The van der Waals surface area contributed by atoms with Crippen molar-refractivity contribution in [3.8, 4) is 0 Å². The van der Waals surface area contributed by atoms with Crippen LogP contribution in [-0.2, 0) is 16.0 Å². The van der Waals surface area contributed by atoms with Crippen LogP contribution in [0.15, 0.2) is 54.6 Å². The Bertz CT molecular complexity index is 730. The largest absolute Gasteiger partial charge is 0.352 e. The fourth-order valence-electron chi connectivity index (χ4n) is 2.44. The van der Waals surface area contributed by atoms with Crippen LogP contribution in [-0.4, -0.2) is 17.9 Å². The van der Waals surface area contributed by atoms with Gasteiger partial charge in [0.25, 0.3) is 0 Å². The summed E-state index contributed by atoms with van der Waals surface area (Å²) in [5.74, 6) is -0.814. The van der Waals surface area contributed by atoms with Gasteiger partial charge in [0.2, 0.25) is 11.8 Å². The number of rotatable bonds is 7. The van der Waals surface area contributed by atoms with Gasteiger partial charge in [0, 0.05) is 6.04 Å². The van der Waals surface area contributed by atoms with Crippen LogP contribution in [0.4, 0.5) is 4.39 Å². The summed E-state index contributed by atoms with van der Waals surface area (Å²) < 4.78 is 12.9. The molecule has 0 aliphatic heterocycles. The quantitative estimate of drug-likeness (QED) is 0.675. The van der Waals surface area contributed by atoms with E-state index in [4.69, 9.17) is 0 Å². The highest BCUT2D eigenvalue weighted by Crippen LogP contribution is 2.21. The van der Waals surface area contributed by atoms with Crippen molar-refractivity contribution in [1.82, 2.24) is 16.2 Å². The molecule has 0 unspecified atom stereocenters. The molecule has 1 aliphatic rings. The van der Waals surface area contributed by atoms with E-state index in [1.165, 1.54) is 12.1 Å². The molecule has 130 valence electrons. The minimum Gasteiger partial charge on any atom is -0.352 e. The number of nitrogens with one attached hydrogen (secondary N) is 3. The molecule has 1 fully saturated rings. The highest BCUT2D eigenvalue weighted by molar-refractivity contribution is 5.84. The van der Waals surface area contributed by atoms with Gasteiger partial charge < -0.3 is 5.32 Å². The van der Waals surface area contributed by atoms with E-state index >= 15 is 0 Å². The van der Waals surface area contributed by atoms with Gasteiger partial charge in [-0.05, 0) is 36.1 Å². The molecule has 0 bridgehead atoms. The Balaban J connectivity index is 1.60. The number of carbonyl (C=O) groups excluding carboxylic acids is 2. The predicted octanol–water partition coefficient (Wildman–Crippen LogP) is 2.01. The van der Waals surface area contributed by atoms with Crippen LogP contribution in [0.5, 0.6) is 0 Å². The number of hydrazine groups is 1. The third-order valence-electron chi connectivity index (χ3n) is 3.95. The third-order valence-corrected chi connectivity index (χ3v) is 3.95. The molecular weight excluding hydrogens is 321 g/mol. The maximum absolute atomic E-state index is 12.9. The maximum Gasteiger partial charge on any atom is 0.243 e. The predicted molar refractivity (Wildman–Crippen MR) is 91.7 cm³/mol. The van der Waals surface area contributed by atoms with Crippen molar-refractivity contribution >= 4 is 11.8 Å². The fourth-order valence-corrected chi connectivity index (χ4v) is 2.44. The van der Waals surface area contributed by atoms with Crippen molar-refractivity contribution in [2.45, 2.75) is 31.3 Å². The van der Waals surface area contributed by atoms with Gasteiger partial charge in [-0.2, -0.15) is 0 Å². The molecule has 2 aromatic rings. The van der Waals surface area contributed by atoms with Crippen LogP contribution in [0.25, 0.3) is 0 Å². The van der Waals surface area contributed by atoms with E-state index in [-0.39, 0.29) is 30.1 Å². The number of hydrogen-bond acceptors (Lipinski definition) is 3. The van der Waals surface area contributed by atoms with Gasteiger partial charge in [0.15, 0.2) is 0 Å². The summed E-state index contributed by atoms with van der Waals surface area (Å²) >= 11 is 0. The molecule has 0 saturated heterocycles. The Kier molecular flexibility index (Phi) is 5.40. The summed E-state index contributed by atoms with van der Waals surface area (Å²) in [7, 11) is 0. The molecule has 0 radical (unpaired) electrons. The summed E-state index contributed by atoms with van der Waals surface area (Å²) in [6.45, 7) is 0. The normalized spacial score (nSPS) is 14.6. The van der Waals surface area contributed by atoms with E-state index in [9.17, 15) is 14.0 Å². The minimum atomic E-state index is -0.668. The van der Waals surface area contributed by atoms with Crippen LogP contribution in [0.1, 0.15) is 30.0 Å². The van der Waals surface area contributed by atoms with E-state index in [1.54, 1.807) is 12.1 Å². The SMILES string of the molecule is O=C(Cc1ccc(F)cc1)NN[C@H](C(=O)NC1CC1)c1ccccc1. The van der Waals surface area contributed by atoms with Crippen LogP contribution < -0.4 is 16.2 Å². The molecule has 3 N–H and O–H groups in total. The van der Waals surface area contributed by atoms with Crippen LogP contribution >= 0.6 is 0 Å². The molecule has 1 aliphatic carbocycles. The first kappa shape index (κ1) is 17.1. The van der Waals surface area contributed by atoms with E-state index in [1.807, 2.05) is 30.3 Å². The fraction of sp³-hybridized carbons (Fsp3) is 0.263. The van der Waals surface area contributed by atoms with Crippen LogP contribution in [0.3, 0.4) is 0 Å². The molecule has 1 atom stereocenters. The molecule has 0 heterocycles. The van der Waals surface area contributed by atoms with Crippen molar-refractivity contribution in [1.29, 1.82) is 0 Å². The van der Waals surface area contributed by atoms with E-state index in [2.05, 4.69) is 16.2 Å².